The largest absolute Gasteiger partial charge is 0.331 e. The van der Waals surface area contributed by atoms with Crippen LogP contribution in [0.25, 0.3) is 0 Å². The first-order chi connectivity index (χ1) is 14.2. The van der Waals surface area contributed by atoms with Gasteiger partial charge in [-0.05, 0) is 12.1 Å². The molecule has 1 atom stereocenters. The van der Waals surface area contributed by atoms with Crippen molar-refractivity contribution < 1.29 is 14.5 Å². The van der Waals surface area contributed by atoms with Crippen molar-refractivity contribution in [2.24, 2.45) is 4.99 Å². The summed E-state index contributed by atoms with van der Waals surface area (Å²) >= 11 is 0. The number of hydrogen-bond donors (Lipinski definition) is 3. The van der Waals surface area contributed by atoms with E-state index in [1.807, 2.05) is 36.4 Å². The third kappa shape index (κ3) is 5.00. The van der Waals surface area contributed by atoms with Gasteiger partial charge >= 0.3 is 0 Å². The molecule has 2 aliphatic heterocycles. The minimum absolute atomic E-state index is 0.0708. The number of rotatable bonds is 4. The summed E-state index contributed by atoms with van der Waals surface area (Å²) in [6.07, 6.45) is 0.0708. The van der Waals surface area contributed by atoms with Crippen molar-refractivity contribution in [1.82, 2.24) is 10.2 Å². The fourth-order valence-electron chi connectivity index (χ4n) is 3.73. The maximum Gasteiger partial charge on any atom is 0.249 e. The van der Waals surface area contributed by atoms with Crippen LogP contribution in [0.15, 0.2) is 65.7 Å². The summed E-state index contributed by atoms with van der Waals surface area (Å²) in [5.41, 5.74) is 2.04. The minimum Gasteiger partial charge on any atom is -0.331 e. The lowest BCUT2D eigenvalue weighted by Crippen LogP contribution is -3.13. The van der Waals surface area contributed by atoms with Crippen LogP contribution in [-0.4, -0.2) is 54.9 Å². The predicted molar refractivity (Wildman–Crippen MR) is 111 cm³/mol. The molecule has 29 heavy (non-hydrogen) atoms. The first-order valence-corrected chi connectivity index (χ1v) is 10.0. The molecule has 1 saturated heterocycles. The lowest BCUT2D eigenvalue weighted by Gasteiger charge is -2.35. The predicted octanol–water partition coefficient (Wildman–Crippen LogP) is 0.270. The van der Waals surface area contributed by atoms with Gasteiger partial charge in [0.1, 0.15) is 12.6 Å². The molecule has 0 aromatic heterocycles. The molecule has 7 nitrogen and oxygen atoms in total. The maximum atomic E-state index is 12.6. The van der Waals surface area contributed by atoms with Crippen LogP contribution in [0.4, 0.5) is 5.69 Å². The highest BCUT2D eigenvalue weighted by atomic mass is 16.2. The van der Waals surface area contributed by atoms with Gasteiger partial charge in [-0.3, -0.25) is 14.9 Å². The molecule has 2 aromatic carbocycles. The summed E-state index contributed by atoms with van der Waals surface area (Å²) in [7, 11) is 0. The Morgan fingerprint density at radius 2 is 1.72 bits per heavy atom. The van der Waals surface area contributed by atoms with Gasteiger partial charge in [-0.2, -0.15) is 0 Å². The van der Waals surface area contributed by atoms with E-state index in [4.69, 9.17) is 0 Å². The highest BCUT2D eigenvalue weighted by Crippen LogP contribution is 2.12. The van der Waals surface area contributed by atoms with E-state index in [0.29, 0.717) is 11.6 Å². The molecule has 0 radical (unpaired) electrons. The molecule has 0 saturated carbocycles. The lowest BCUT2D eigenvalue weighted by molar-refractivity contribution is -0.917. The van der Waals surface area contributed by atoms with Gasteiger partial charge in [-0.15, -0.1) is 0 Å². The smallest absolute Gasteiger partial charge is 0.249 e. The quantitative estimate of drug-likeness (QED) is 0.699. The lowest BCUT2D eigenvalue weighted by atomic mass is 10.1. The van der Waals surface area contributed by atoms with Gasteiger partial charge in [0.15, 0.2) is 0 Å². The van der Waals surface area contributed by atoms with Crippen LogP contribution in [0.3, 0.4) is 0 Å². The summed E-state index contributed by atoms with van der Waals surface area (Å²) in [6.45, 7) is 4.52. The van der Waals surface area contributed by atoms with E-state index in [2.05, 4.69) is 44.8 Å². The van der Waals surface area contributed by atoms with Crippen molar-refractivity contribution >= 4 is 23.5 Å². The molecule has 0 unspecified atom stereocenters. The Hall–Kier alpha value is -3.19. The third-order valence-corrected chi connectivity index (χ3v) is 5.32. The summed E-state index contributed by atoms with van der Waals surface area (Å²) in [4.78, 5) is 32.9. The number of benzene rings is 2. The van der Waals surface area contributed by atoms with E-state index >= 15 is 0 Å². The molecule has 7 heteroatoms. The van der Waals surface area contributed by atoms with Gasteiger partial charge in [0.25, 0.3) is 0 Å². The fourth-order valence-corrected chi connectivity index (χ4v) is 3.73. The molecule has 2 aliphatic rings. The summed E-state index contributed by atoms with van der Waals surface area (Å²) in [5.74, 6) is 0.104. The number of anilines is 1. The molecule has 0 bridgehead atoms. The second-order valence-corrected chi connectivity index (χ2v) is 7.48. The van der Waals surface area contributed by atoms with Gasteiger partial charge < -0.3 is 15.1 Å². The van der Waals surface area contributed by atoms with Crippen LogP contribution in [0, 0.1) is 0 Å². The number of carbonyl (C=O) groups is 2. The maximum absolute atomic E-state index is 12.6. The van der Waals surface area contributed by atoms with Gasteiger partial charge in [0.2, 0.25) is 17.8 Å². The van der Waals surface area contributed by atoms with Crippen molar-refractivity contribution in [3.8, 4) is 0 Å². The number of piperazine rings is 1. The Morgan fingerprint density at radius 3 is 2.41 bits per heavy atom. The molecule has 4 rings (SSSR count). The number of nitrogens with zero attached hydrogens (tertiary/aromatic N) is 2. The zero-order valence-electron chi connectivity index (χ0n) is 16.3. The summed E-state index contributed by atoms with van der Waals surface area (Å²) in [5, 5.41) is 5.69. The van der Waals surface area contributed by atoms with E-state index < -0.39 is 6.04 Å². The minimum atomic E-state index is -0.700. The van der Waals surface area contributed by atoms with Crippen LogP contribution in [0.5, 0.6) is 0 Å². The molecule has 1 fully saturated rings. The molecule has 0 aliphatic carbocycles. The first-order valence-electron chi connectivity index (χ1n) is 10.0. The van der Waals surface area contributed by atoms with Crippen LogP contribution in [0.1, 0.15) is 12.0 Å². The van der Waals surface area contributed by atoms with E-state index in [-0.39, 0.29) is 18.2 Å². The fraction of sp³-hybridized carbons (Fsp3) is 0.318. The molecule has 2 heterocycles. The number of hydrogen-bond acceptors (Lipinski definition) is 4. The molecule has 3 N–H and O–H groups in total. The first kappa shape index (κ1) is 19.1. The average molecular weight is 392 g/mol. The molecule has 150 valence electrons. The zero-order chi connectivity index (χ0) is 20.1. The van der Waals surface area contributed by atoms with Crippen molar-refractivity contribution in [3.63, 3.8) is 0 Å². The van der Waals surface area contributed by atoms with Crippen LogP contribution in [0.2, 0.25) is 0 Å². The molecule has 2 amide bonds. The number of aliphatic imine (C=N–C) groups is 1. The highest BCUT2D eigenvalue weighted by molar-refractivity contribution is 6.05. The topological polar surface area (TPSA) is 78.2 Å². The van der Waals surface area contributed by atoms with E-state index in [1.165, 1.54) is 10.5 Å². The second-order valence-electron chi connectivity index (χ2n) is 7.48. The van der Waals surface area contributed by atoms with E-state index in [1.54, 1.807) is 0 Å². The van der Waals surface area contributed by atoms with Gasteiger partial charge in [-0.25, -0.2) is 4.99 Å². The van der Waals surface area contributed by atoms with Crippen LogP contribution < -0.4 is 15.5 Å². The third-order valence-electron chi connectivity index (χ3n) is 5.32. The average Bonchev–Trinajstić information content (AvgIpc) is 2.75. The normalized spacial score (nSPS) is 20.0. The molecule has 2 aromatic rings. The monoisotopic (exact) mass is 392 g/mol. The van der Waals surface area contributed by atoms with Gasteiger partial charge in [0, 0.05) is 11.3 Å². The Balaban J connectivity index is 1.36. The highest BCUT2D eigenvalue weighted by Gasteiger charge is 2.31. The number of para-hydroxylation sites is 1. The molecule has 0 spiro atoms. The summed E-state index contributed by atoms with van der Waals surface area (Å²) < 4.78 is 0. The Morgan fingerprint density at radius 1 is 1.07 bits per heavy atom. The van der Waals surface area contributed by atoms with E-state index in [9.17, 15) is 9.59 Å². The number of amides is 2. The zero-order valence-corrected chi connectivity index (χ0v) is 16.3. The second kappa shape index (κ2) is 8.87. The van der Waals surface area contributed by atoms with E-state index in [0.717, 1.165) is 32.7 Å². The Bertz CT molecular complexity index is 877. The number of nitrogens with one attached hydrogen (secondary N) is 3. The van der Waals surface area contributed by atoms with Gasteiger partial charge in [0.05, 0.1) is 32.6 Å². The molecular formula is C22H26N5O2+. The van der Waals surface area contributed by atoms with Crippen molar-refractivity contribution in [1.29, 1.82) is 0 Å². The Labute approximate surface area is 170 Å². The SMILES string of the molecule is O=C1C[C@H](C(=O)Nc2ccccc2)N=C(N2CC[NH+](Cc3ccccc3)CC2)N1. The number of guanidine groups is 1. The van der Waals surface area contributed by atoms with Crippen molar-refractivity contribution in [2.45, 2.75) is 19.0 Å². The number of quaternary nitrogens is 1. The standard InChI is InChI=1S/C22H25N5O2/c28-20-15-19(21(29)23-18-9-5-2-6-10-18)24-22(25-20)27-13-11-26(12-14-27)16-17-7-3-1-4-8-17/h1-10,19H,11-16H2,(H,23,29)(H,24,25,28)/p+1/t19-/m1/s1. The van der Waals surface area contributed by atoms with Crippen molar-refractivity contribution in [2.75, 3.05) is 31.5 Å². The number of carbonyl (C=O) groups excluding carboxylic acids is 2. The summed E-state index contributed by atoms with van der Waals surface area (Å²) in [6, 6.07) is 19.0. The Kier molecular flexibility index (Phi) is 5.86. The van der Waals surface area contributed by atoms with Crippen LogP contribution in [-0.2, 0) is 16.1 Å². The van der Waals surface area contributed by atoms with Crippen molar-refractivity contribution in [3.05, 3.63) is 66.2 Å². The van der Waals surface area contributed by atoms with Gasteiger partial charge in [-0.1, -0.05) is 48.5 Å². The molecular weight excluding hydrogens is 366 g/mol. The van der Waals surface area contributed by atoms with Crippen LogP contribution >= 0.6 is 0 Å².